The number of amides is 1. The highest BCUT2D eigenvalue weighted by Crippen LogP contribution is 2.38. The normalized spacial score (nSPS) is 15.9. The minimum atomic E-state index is -0.774. The number of ether oxygens (including phenoxy) is 1. The molecule has 1 aliphatic carbocycles. The first kappa shape index (κ1) is 23.5. The van der Waals surface area contributed by atoms with Gasteiger partial charge in [-0.2, -0.15) is 0 Å². The number of aryl methyl sites for hydroxylation is 1. The Morgan fingerprint density at radius 2 is 1.59 bits per heavy atom. The zero-order valence-corrected chi connectivity index (χ0v) is 20.7. The van der Waals surface area contributed by atoms with E-state index >= 15 is 0 Å². The van der Waals surface area contributed by atoms with Crippen molar-refractivity contribution in [2.45, 2.75) is 44.2 Å². The van der Waals surface area contributed by atoms with E-state index in [1.54, 1.807) is 4.90 Å². The number of nitrogens with zero attached hydrogens (tertiary/aromatic N) is 2. The lowest BCUT2D eigenvalue weighted by molar-refractivity contribution is 0.0689. The van der Waals surface area contributed by atoms with Crippen molar-refractivity contribution in [3.8, 4) is 5.75 Å². The fourth-order valence-corrected chi connectivity index (χ4v) is 5.54. The first-order valence-electron chi connectivity index (χ1n) is 13.0. The third kappa shape index (κ3) is 4.65. The number of carbonyl (C=O) groups is 1. The van der Waals surface area contributed by atoms with Crippen molar-refractivity contribution in [1.29, 1.82) is 0 Å². The van der Waals surface area contributed by atoms with Gasteiger partial charge >= 0.3 is 0 Å². The standard InChI is InChI=1S/C31H30N2O4/c34-29(28(21-9-3-1-4-10-21)22-11-5-2-6-12-22)23-15-16-27-24(19-23)20-33(17-18-36-27)31(35)30-25-13-7-8-14-26(25)32-37-30/h1-6,9-12,15-16,19,28-29,34H,7-8,13-14,17-18,20H2/t29-/m1/s1. The Kier molecular flexibility index (Phi) is 6.49. The Balaban J connectivity index is 1.30. The molecule has 2 heterocycles. The van der Waals surface area contributed by atoms with E-state index < -0.39 is 6.10 Å². The van der Waals surface area contributed by atoms with E-state index in [0.29, 0.717) is 25.5 Å². The van der Waals surface area contributed by atoms with Crippen molar-refractivity contribution in [2.75, 3.05) is 13.2 Å². The van der Waals surface area contributed by atoms with Crippen LogP contribution < -0.4 is 4.74 Å². The molecular weight excluding hydrogens is 464 g/mol. The number of aliphatic hydroxyl groups excluding tert-OH is 1. The minimum Gasteiger partial charge on any atom is -0.491 e. The van der Waals surface area contributed by atoms with Crippen LogP contribution in [-0.4, -0.2) is 34.2 Å². The van der Waals surface area contributed by atoms with Gasteiger partial charge < -0.3 is 19.3 Å². The number of benzene rings is 3. The van der Waals surface area contributed by atoms with Crippen LogP contribution in [0.3, 0.4) is 0 Å². The molecule has 1 atom stereocenters. The van der Waals surface area contributed by atoms with Crippen molar-refractivity contribution in [3.63, 3.8) is 0 Å². The van der Waals surface area contributed by atoms with Gasteiger partial charge in [0.05, 0.1) is 18.3 Å². The zero-order chi connectivity index (χ0) is 25.2. The molecule has 1 amide bonds. The maximum absolute atomic E-state index is 13.5. The number of fused-ring (bicyclic) bond motifs is 2. The summed E-state index contributed by atoms with van der Waals surface area (Å²) in [6, 6.07) is 25.9. The Labute approximate surface area is 216 Å². The molecule has 0 saturated heterocycles. The van der Waals surface area contributed by atoms with Gasteiger partial charge in [-0.05, 0) is 54.5 Å². The molecule has 6 nitrogen and oxygen atoms in total. The number of hydrogen-bond donors (Lipinski definition) is 1. The van der Waals surface area contributed by atoms with Crippen LogP contribution in [0.5, 0.6) is 5.75 Å². The summed E-state index contributed by atoms with van der Waals surface area (Å²) in [4.78, 5) is 15.2. The van der Waals surface area contributed by atoms with Crippen LogP contribution in [0.1, 0.15) is 68.9 Å². The number of aliphatic hydroxyl groups is 1. The van der Waals surface area contributed by atoms with Crippen molar-refractivity contribution < 1.29 is 19.2 Å². The molecule has 188 valence electrons. The summed E-state index contributed by atoms with van der Waals surface area (Å²) in [5.74, 6) is 0.722. The van der Waals surface area contributed by atoms with E-state index in [1.807, 2.05) is 78.9 Å². The van der Waals surface area contributed by atoms with Crippen molar-refractivity contribution in [2.24, 2.45) is 0 Å². The molecule has 0 spiro atoms. The molecule has 6 rings (SSSR count). The van der Waals surface area contributed by atoms with Crippen LogP contribution >= 0.6 is 0 Å². The first-order valence-corrected chi connectivity index (χ1v) is 13.0. The maximum Gasteiger partial charge on any atom is 0.293 e. The molecule has 0 saturated carbocycles. The second-order valence-electron chi connectivity index (χ2n) is 9.83. The largest absolute Gasteiger partial charge is 0.491 e. The average Bonchev–Trinajstić information content (AvgIpc) is 3.26. The predicted octanol–water partition coefficient (Wildman–Crippen LogP) is 5.45. The monoisotopic (exact) mass is 494 g/mol. The molecule has 0 unspecified atom stereocenters. The van der Waals surface area contributed by atoms with Crippen LogP contribution in [-0.2, 0) is 19.4 Å². The smallest absolute Gasteiger partial charge is 0.293 e. The van der Waals surface area contributed by atoms with E-state index in [9.17, 15) is 9.90 Å². The molecule has 1 N–H and O–H groups in total. The first-order chi connectivity index (χ1) is 18.2. The summed E-state index contributed by atoms with van der Waals surface area (Å²) in [6.07, 6.45) is 3.05. The number of carbonyl (C=O) groups excluding carboxylic acids is 1. The third-order valence-electron chi connectivity index (χ3n) is 7.48. The summed E-state index contributed by atoms with van der Waals surface area (Å²) >= 11 is 0. The summed E-state index contributed by atoms with van der Waals surface area (Å²) < 4.78 is 11.5. The van der Waals surface area contributed by atoms with Crippen LogP contribution in [0, 0.1) is 0 Å². The van der Waals surface area contributed by atoms with Gasteiger partial charge in [0.25, 0.3) is 5.91 Å². The molecule has 0 fully saturated rings. The molecule has 0 radical (unpaired) electrons. The van der Waals surface area contributed by atoms with E-state index in [4.69, 9.17) is 9.26 Å². The van der Waals surface area contributed by atoms with E-state index in [1.165, 1.54) is 0 Å². The average molecular weight is 495 g/mol. The Hall–Kier alpha value is -3.90. The van der Waals surface area contributed by atoms with E-state index in [2.05, 4.69) is 5.16 Å². The lowest BCUT2D eigenvalue weighted by atomic mass is 9.83. The second kappa shape index (κ2) is 10.2. The van der Waals surface area contributed by atoms with Crippen molar-refractivity contribution in [1.82, 2.24) is 10.1 Å². The van der Waals surface area contributed by atoms with Gasteiger partial charge in [0.1, 0.15) is 12.4 Å². The topological polar surface area (TPSA) is 75.8 Å². The molecule has 1 aromatic heterocycles. The fourth-order valence-electron chi connectivity index (χ4n) is 5.54. The number of hydrogen-bond acceptors (Lipinski definition) is 5. The van der Waals surface area contributed by atoms with Gasteiger partial charge in [0, 0.05) is 23.6 Å². The molecule has 6 heteroatoms. The summed E-state index contributed by atoms with van der Waals surface area (Å²) in [5.41, 5.74) is 5.61. The molecular formula is C31H30N2O4. The van der Waals surface area contributed by atoms with Crippen molar-refractivity contribution >= 4 is 5.91 Å². The lowest BCUT2D eigenvalue weighted by Crippen LogP contribution is -2.33. The SMILES string of the molecule is O=C(c1onc2c1CCCC2)N1CCOc2ccc([C@@H](O)C(c3ccccc3)c3ccccc3)cc2C1. The van der Waals surface area contributed by atoms with Crippen LogP contribution in [0.2, 0.25) is 0 Å². The van der Waals surface area contributed by atoms with Crippen molar-refractivity contribution in [3.05, 3.63) is 118 Å². The molecule has 1 aliphatic heterocycles. The van der Waals surface area contributed by atoms with Crippen LogP contribution in [0.4, 0.5) is 0 Å². The number of rotatable bonds is 5. The van der Waals surface area contributed by atoms with Gasteiger partial charge in [-0.15, -0.1) is 0 Å². The third-order valence-corrected chi connectivity index (χ3v) is 7.48. The molecule has 37 heavy (non-hydrogen) atoms. The van der Waals surface area contributed by atoms with E-state index in [0.717, 1.165) is 64.9 Å². The molecule has 0 bridgehead atoms. The van der Waals surface area contributed by atoms with Crippen LogP contribution in [0.15, 0.2) is 83.4 Å². The summed E-state index contributed by atoms with van der Waals surface area (Å²) in [7, 11) is 0. The fraction of sp³-hybridized carbons (Fsp3) is 0.290. The van der Waals surface area contributed by atoms with Gasteiger partial charge in [-0.25, -0.2) is 0 Å². The summed E-state index contributed by atoms with van der Waals surface area (Å²) in [5, 5.41) is 15.8. The van der Waals surface area contributed by atoms with Crippen LogP contribution in [0.25, 0.3) is 0 Å². The van der Waals surface area contributed by atoms with Gasteiger partial charge in [-0.3, -0.25) is 4.79 Å². The zero-order valence-electron chi connectivity index (χ0n) is 20.7. The maximum atomic E-state index is 13.5. The minimum absolute atomic E-state index is 0.149. The molecule has 4 aromatic rings. The Bertz CT molecular complexity index is 1340. The highest BCUT2D eigenvalue weighted by molar-refractivity contribution is 5.93. The second-order valence-corrected chi connectivity index (χ2v) is 9.83. The Morgan fingerprint density at radius 1 is 0.892 bits per heavy atom. The Morgan fingerprint density at radius 3 is 2.32 bits per heavy atom. The lowest BCUT2D eigenvalue weighted by Gasteiger charge is -2.25. The van der Waals surface area contributed by atoms with Gasteiger partial charge in [-0.1, -0.05) is 71.9 Å². The van der Waals surface area contributed by atoms with E-state index in [-0.39, 0.29) is 11.8 Å². The molecule has 3 aromatic carbocycles. The highest BCUT2D eigenvalue weighted by Gasteiger charge is 2.30. The summed E-state index contributed by atoms with van der Waals surface area (Å²) in [6.45, 7) is 1.23. The number of aromatic nitrogens is 1. The highest BCUT2D eigenvalue weighted by atomic mass is 16.5. The van der Waals surface area contributed by atoms with Gasteiger partial charge in [0.15, 0.2) is 0 Å². The molecule has 2 aliphatic rings. The van der Waals surface area contributed by atoms with Gasteiger partial charge in [0.2, 0.25) is 5.76 Å². The quantitative estimate of drug-likeness (QED) is 0.399. The predicted molar refractivity (Wildman–Crippen MR) is 140 cm³/mol.